The monoisotopic (exact) mass is 474 g/mol. The third-order valence-corrected chi connectivity index (χ3v) is 6.72. The third-order valence-electron chi connectivity index (χ3n) is 5.85. The van der Waals surface area contributed by atoms with Gasteiger partial charge in [0.15, 0.2) is 17.3 Å². The highest BCUT2D eigenvalue weighted by atomic mass is 32.1. The van der Waals surface area contributed by atoms with Crippen molar-refractivity contribution in [1.29, 1.82) is 0 Å². The number of hydrogen-bond acceptors (Lipinski definition) is 8. The minimum Gasteiger partial charge on any atom is -0.503 e. The molecule has 178 valence electrons. The molecule has 0 saturated carbocycles. The Morgan fingerprint density at radius 1 is 1.12 bits per heavy atom. The summed E-state index contributed by atoms with van der Waals surface area (Å²) < 4.78 is 16.4. The molecule has 2 aromatic rings. The molecule has 1 aliphatic heterocycles. The second kappa shape index (κ2) is 10.7. The second-order valence-corrected chi connectivity index (χ2v) is 8.40. The number of ketones is 1. The van der Waals surface area contributed by atoms with Crippen molar-refractivity contribution in [2.45, 2.75) is 19.9 Å². The SMILES string of the molecule is CCN(CC)CCN1C(=O)C(O)=C(C(=O)c2cccs2)[C@@H]1c1cc(OC)c(OC)c(OC)c1. The van der Waals surface area contributed by atoms with Crippen molar-refractivity contribution in [3.8, 4) is 17.2 Å². The fourth-order valence-corrected chi connectivity index (χ4v) is 4.73. The smallest absolute Gasteiger partial charge is 0.290 e. The van der Waals surface area contributed by atoms with Gasteiger partial charge < -0.3 is 29.1 Å². The predicted octanol–water partition coefficient (Wildman–Crippen LogP) is 3.69. The average Bonchev–Trinajstić information content (AvgIpc) is 3.46. The summed E-state index contributed by atoms with van der Waals surface area (Å²) in [4.78, 5) is 30.7. The number of methoxy groups -OCH3 is 3. The van der Waals surface area contributed by atoms with Gasteiger partial charge in [0.05, 0.1) is 37.8 Å². The molecule has 0 saturated heterocycles. The Bertz CT molecular complexity index is 1000. The molecule has 9 heteroatoms. The first-order valence-electron chi connectivity index (χ1n) is 10.8. The Morgan fingerprint density at radius 2 is 1.76 bits per heavy atom. The first-order valence-corrected chi connectivity index (χ1v) is 11.6. The van der Waals surface area contributed by atoms with Crippen LogP contribution in [-0.4, -0.2) is 74.1 Å². The van der Waals surface area contributed by atoms with E-state index in [0.29, 0.717) is 40.8 Å². The topological polar surface area (TPSA) is 88.5 Å². The molecule has 0 fully saturated rings. The molecule has 33 heavy (non-hydrogen) atoms. The maximum absolute atomic E-state index is 13.4. The van der Waals surface area contributed by atoms with E-state index in [2.05, 4.69) is 4.90 Å². The number of carbonyl (C=O) groups is 2. The summed E-state index contributed by atoms with van der Waals surface area (Å²) in [5, 5.41) is 12.6. The number of rotatable bonds is 11. The highest BCUT2D eigenvalue weighted by molar-refractivity contribution is 7.12. The van der Waals surface area contributed by atoms with Crippen molar-refractivity contribution >= 4 is 23.0 Å². The van der Waals surface area contributed by atoms with Gasteiger partial charge in [-0.15, -0.1) is 11.3 Å². The van der Waals surface area contributed by atoms with Crippen molar-refractivity contribution in [2.24, 2.45) is 0 Å². The number of likely N-dealkylation sites (N-methyl/N-ethyl adjacent to an activating group) is 1. The maximum Gasteiger partial charge on any atom is 0.290 e. The summed E-state index contributed by atoms with van der Waals surface area (Å²) in [6.07, 6.45) is 0. The maximum atomic E-state index is 13.4. The van der Waals surface area contributed by atoms with Gasteiger partial charge in [-0.05, 0) is 42.2 Å². The summed E-state index contributed by atoms with van der Waals surface area (Å²) >= 11 is 1.26. The highest BCUT2D eigenvalue weighted by Crippen LogP contribution is 2.45. The molecule has 0 aliphatic carbocycles. The second-order valence-electron chi connectivity index (χ2n) is 7.46. The molecule has 0 bridgehead atoms. The number of hydrogen-bond donors (Lipinski definition) is 1. The van der Waals surface area contributed by atoms with Gasteiger partial charge in [0.1, 0.15) is 0 Å². The standard InChI is InChI=1S/C24H30N2O6S/c1-6-25(7-2)10-11-26-20(15-13-16(30-3)23(32-5)17(14-15)31-4)19(22(28)24(26)29)21(27)18-9-8-12-33-18/h8-9,12-14,20,28H,6-7,10-11H2,1-5H3/t20-/m0/s1. The fourth-order valence-electron chi connectivity index (χ4n) is 4.05. The van der Waals surface area contributed by atoms with Crippen LogP contribution in [0.4, 0.5) is 0 Å². The molecule has 1 atom stereocenters. The molecule has 1 aromatic carbocycles. The number of benzene rings is 1. The number of aliphatic hydroxyl groups is 1. The summed E-state index contributed by atoms with van der Waals surface area (Å²) in [5.41, 5.74) is 0.637. The van der Waals surface area contributed by atoms with Crippen LogP contribution in [0.2, 0.25) is 0 Å². The van der Waals surface area contributed by atoms with Crippen LogP contribution in [0.25, 0.3) is 0 Å². The van der Waals surface area contributed by atoms with E-state index in [9.17, 15) is 14.7 Å². The third kappa shape index (κ3) is 4.69. The van der Waals surface area contributed by atoms with E-state index < -0.39 is 17.7 Å². The van der Waals surface area contributed by atoms with Crippen molar-refractivity contribution < 1.29 is 28.9 Å². The van der Waals surface area contributed by atoms with E-state index in [0.717, 1.165) is 13.1 Å². The van der Waals surface area contributed by atoms with Gasteiger partial charge in [-0.2, -0.15) is 0 Å². The van der Waals surface area contributed by atoms with Crippen LogP contribution < -0.4 is 14.2 Å². The normalized spacial score (nSPS) is 16.0. The first-order chi connectivity index (χ1) is 15.9. The Kier molecular flexibility index (Phi) is 7.99. The summed E-state index contributed by atoms with van der Waals surface area (Å²) in [6, 6.07) is 6.08. The lowest BCUT2D eigenvalue weighted by atomic mass is 9.94. The van der Waals surface area contributed by atoms with Gasteiger partial charge >= 0.3 is 0 Å². The van der Waals surface area contributed by atoms with Crippen molar-refractivity contribution in [3.05, 3.63) is 51.4 Å². The Hall–Kier alpha value is -3.04. The van der Waals surface area contributed by atoms with Crippen LogP contribution in [0.15, 0.2) is 41.0 Å². The molecule has 0 radical (unpaired) electrons. The van der Waals surface area contributed by atoms with Gasteiger partial charge in [-0.3, -0.25) is 9.59 Å². The van der Waals surface area contributed by atoms with E-state index in [1.54, 1.807) is 29.6 Å². The minimum atomic E-state index is -0.795. The first kappa shape index (κ1) is 24.6. The number of carbonyl (C=O) groups excluding carboxylic acids is 2. The largest absolute Gasteiger partial charge is 0.503 e. The molecular weight excluding hydrogens is 444 g/mol. The van der Waals surface area contributed by atoms with Crippen LogP contribution in [0, 0.1) is 0 Å². The zero-order chi connectivity index (χ0) is 24.1. The molecule has 2 heterocycles. The van der Waals surface area contributed by atoms with E-state index in [-0.39, 0.29) is 11.4 Å². The Morgan fingerprint density at radius 3 is 2.24 bits per heavy atom. The molecule has 1 aliphatic rings. The number of nitrogens with zero attached hydrogens (tertiary/aromatic N) is 2. The van der Waals surface area contributed by atoms with Crippen LogP contribution in [0.1, 0.15) is 35.1 Å². The molecule has 0 spiro atoms. The molecule has 8 nitrogen and oxygen atoms in total. The van der Waals surface area contributed by atoms with E-state index in [1.807, 2.05) is 13.8 Å². The molecule has 1 N–H and O–H groups in total. The number of thiophene rings is 1. The zero-order valence-electron chi connectivity index (χ0n) is 19.6. The van der Waals surface area contributed by atoms with Gasteiger partial charge in [-0.25, -0.2) is 0 Å². The van der Waals surface area contributed by atoms with Crippen LogP contribution in [0.5, 0.6) is 17.2 Å². The Balaban J connectivity index is 2.13. The van der Waals surface area contributed by atoms with E-state index >= 15 is 0 Å². The lowest BCUT2D eigenvalue weighted by Crippen LogP contribution is -2.38. The predicted molar refractivity (Wildman–Crippen MR) is 127 cm³/mol. The van der Waals surface area contributed by atoms with E-state index in [4.69, 9.17) is 14.2 Å². The number of ether oxygens (including phenoxy) is 3. The van der Waals surface area contributed by atoms with Gasteiger partial charge in [0.2, 0.25) is 11.5 Å². The van der Waals surface area contributed by atoms with Crippen LogP contribution in [0.3, 0.4) is 0 Å². The van der Waals surface area contributed by atoms with Crippen LogP contribution in [-0.2, 0) is 4.79 Å². The lowest BCUT2D eigenvalue weighted by molar-refractivity contribution is -0.129. The molecular formula is C24H30N2O6S. The molecule has 0 unspecified atom stereocenters. The number of Topliss-reactive ketones (excluding diaryl/α,β-unsaturated/α-hetero) is 1. The Labute approximate surface area is 198 Å². The summed E-state index contributed by atoms with van der Waals surface area (Å²) in [7, 11) is 4.51. The van der Waals surface area contributed by atoms with Crippen LogP contribution >= 0.6 is 11.3 Å². The van der Waals surface area contributed by atoms with Crippen molar-refractivity contribution in [3.63, 3.8) is 0 Å². The molecule has 1 aromatic heterocycles. The lowest BCUT2D eigenvalue weighted by Gasteiger charge is -2.30. The van der Waals surface area contributed by atoms with Crippen molar-refractivity contribution in [1.82, 2.24) is 9.80 Å². The molecule has 1 amide bonds. The average molecular weight is 475 g/mol. The summed E-state index contributed by atoms with van der Waals surface area (Å²) in [6.45, 7) is 6.70. The van der Waals surface area contributed by atoms with Crippen molar-refractivity contribution in [2.75, 3.05) is 47.5 Å². The fraction of sp³-hybridized carbons (Fsp3) is 0.417. The summed E-state index contributed by atoms with van der Waals surface area (Å²) in [5.74, 6) is -0.260. The molecule has 3 rings (SSSR count). The quantitative estimate of drug-likeness (QED) is 0.497. The van der Waals surface area contributed by atoms with E-state index in [1.165, 1.54) is 37.6 Å². The van der Waals surface area contributed by atoms with Gasteiger partial charge in [-0.1, -0.05) is 19.9 Å². The zero-order valence-corrected chi connectivity index (χ0v) is 20.4. The highest BCUT2D eigenvalue weighted by Gasteiger charge is 2.44. The minimum absolute atomic E-state index is 0.0521. The number of amides is 1. The van der Waals surface area contributed by atoms with Gasteiger partial charge in [0.25, 0.3) is 5.91 Å². The number of aliphatic hydroxyl groups excluding tert-OH is 1. The van der Waals surface area contributed by atoms with Gasteiger partial charge in [0, 0.05) is 13.1 Å².